The first-order valence-electron chi connectivity index (χ1n) is 2.71. The minimum absolute atomic E-state index is 0.0409. The summed E-state index contributed by atoms with van der Waals surface area (Å²) in [5.74, 6) is 0. The minimum atomic E-state index is -3.67. The Morgan fingerprint density at radius 3 is 2.56 bits per heavy atom. The van der Waals surface area contributed by atoms with Crippen LogP contribution in [-0.2, 0) is 13.6 Å². The molecule has 0 spiro atoms. The van der Waals surface area contributed by atoms with Crippen molar-refractivity contribution in [2.24, 2.45) is 0 Å². The molecule has 0 bridgehead atoms. The third kappa shape index (κ3) is 2.45. The van der Waals surface area contributed by atoms with Gasteiger partial charge in [0.05, 0.1) is 6.10 Å². The highest BCUT2D eigenvalue weighted by Crippen LogP contribution is 2.48. The van der Waals surface area contributed by atoms with Gasteiger partial charge in [-0.05, 0) is 12.8 Å². The molecule has 1 rings (SSSR count). The first-order valence-corrected chi connectivity index (χ1v) is 4.20. The maximum absolute atomic E-state index is 10.5. The fourth-order valence-corrected chi connectivity index (χ4v) is 1.08. The molecule has 5 heteroatoms. The summed E-state index contributed by atoms with van der Waals surface area (Å²) in [6, 6.07) is 0. The Bertz CT molecular complexity index is 142. The van der Waals surface area contributed by atoms with Gasteiger partial charge in [0.2, 0.25) is 0 Å². The van der Waals surface area contributed by atoms with Gasteiger partial charge in [0.15, 0.2) is 0 Å². The second-order valence-electron chi connectivity index (χ2n) is 1.96. The van der Waals surface area contributed by atoms with Crippen molar-refractivity contribution in [2.45, 2.75) is 18.9 Å². The van der Waals surface area contributed by atoms with E-state index in [1.54, 1.807) is 0 Å². The zero-order valence-electron chi connectivity index (χ0n) is 5.11. The van der Waals surface area contributed by atoms with Crippen LogP contribution in [0.2, 0.25) is 0 Å². The van der Waals surface area contributed by atoms with Crippen molar-refractivity contribution in [1.82, 2.24) is 0 Å². The van der Waals surface area contributed by atoms with Crippen LogP contribution in [0.3, 0.4) is 0 Å². The molecule has 1 aliphatic rings. The Balaban J connectivity index is 2.30. The average Bonchev–Trinajstić information content (AvgIpc) is 2.50. The molecule has 0 aliphatic heterocycles. The summed E-state index contributed by atoms with van der Waals surface area (Å²) in [5.41, 5.74) is 0. The molecule has 1 N–H and O–H groups in total. The van der Waals surface area contributed by atoms with Gasteiger partial charge in [-0.2, -0.15) is 0 Å². The molecule has 54 valence electrons. The molecule has 0 radical (unpaired) electrons. The molecule has 1 fully saturated rings. The molecule has 1 aliphatic carbocycles. The van der Waals surface area contributed by atoms with E-state index in [2.05, 4.69) is 9.05 Å². The van der Waals surface area contributed by atoms with Crippen molar-refractivity contribution in [3.05, 3.63) is 0 Å². The van der Waals surface area contributed by atoms with Gasteiger partial charge in [-0.3, -0.25) is 9.05 Å². The van der Waals surface area contributed by atoms with E-state index >= 15 is 0 Å². The SMILES string of the molecule is COP(=O)(O)OC1CC1. The number of hydrogen-bond donors (Lipinski definition) is 1. The molecule has 0 aromatic rings. The lowest BCUT2D eigenvalue weighted by molar-refractivity contribution is 0.165. The highest BCUT2D eigenvalue weighted by Gasteiger charge is 2.32. The maximum Gasteiger partial charge on any atom is 0.472 e. The Morgan fingerprint density at radius 2 is 2.22 bits per heavy atom. The molecule has 9 heavy (non-hydrogen) atoms. The normalized spacial score (nSPS) is 25.6. The Hall–Kier alpha value is 0.110. The van der Waals surface area contributed by atoms with Gasteiger partial charge in [-0.1, -0.05) is 0 Å². The molecule has 0 aromatic carbocycles. The van der Waals surface area contributed by atoms with Gasteiger partial charge in [-0.15, -0.1) is 0 Å². The van der Waals surface area contributed by atoms with E-state index in [0.717, 1.165) is 20.0 Å². The largest absolute Gasteiger partial charge is 0.472 e. The van der Waals surface area contributed by atoms with E-state index < -0.39 is 7.82 Å². The second-order valence-corrected chi connectivity index (χ2v) is 3.47. The molecule has 0 heterocycles. The standard InChI is InChI=1S/C4H9O4P/c1-7-9(5,6)8-4-2-3-4/h4H,2-3H2,1H3,(H,5,6). The third-order valence-corrected chi connectivity index (χ3v) is 2.06. The third-order valence-electron chi connectivity index (χ3n) is 1.04. The van der Waals surface area contributed by atoms with E-state index in [4.69, 9.17) is 4.89 Å². The van der Waals surface area contributed by atoms with Crippen LogP contribution in [0.4, 0.5) is 0 Å². The fourth-order valence-electron chi connectivity index (χ4n) is 0.405. The topological polar surface area (TPSA) is 55.8 Å². The summed E-state index contributed by atoms with van der Waals surface area (Å²) in [4.78, 5) is 8.64. The summed E-state index contributed by atoms with van der Waals surface area (Å²) in [6.07, 6.45) is 1.70. The smallest absolute Gasteiger partial charge is 0.302 e. The number of phosphoric acid groups is 1. The van der Waals surface area contributed by atoms with E-state index in [9.17, 15) is 4.57 Å². The van der Waals surface area contributed by atoms with E-state index in [1.807, 2.05) is 0 Å². The van der Waals surface area contributed by atoms with E-state index in [1.165, 1.54) is 0 Å². The highest BCUT2D eigenvalue weighted by molar-refractivity contribution is 7.47. The summed E-state index contributed by atoms with van der Waals surface area (Å²) < 4.78 is 19.3. The molecule has 0 amide bonds. The summed E-state index contributed by atoms with van der Waals surface area (Å²) in [7, 11) is -2.51. The van der Waals surface area contributed by atoms with Crippen LogP contribution in [0, 0.1) is 0 Å². The molecular weight excluding hydrogens is 143 g/mol. The van der Waals surface area contributed by atoms with Crippen LogP contribution in [0.15, 0.2) is 0 Å². The predicted octanol–water partition coefficient (Wildman–Crippen LogP) is 0.912. The zero-order chi connectivity index (χ0) is 6.91. The monoisotopic (exact) mass is 152 g/mol. The minimum Gasteiger partial charge on any atom is -0.302 e. The van der Waals surface area contributed by atoms with Crippen LogP contribution >= 0.6 is 7.82 Å². The predicted molar refractivity (Wildman–Crippen MR) is 30.9 cm³/mol. The quantitative estimate of drug-likeness (QED) is 0.610. The summed E-state index contributed by atoms with van der Waals surface area (Å²) in [5, 5.41) is 0. The number of rotatable bonds is 3. The van der Waals surface area contributed by atoms with Crippen molar-refractivity contribution in [2.75, 3.05) is 7.11 Å². The first-order chi connectivity index (χ1) is 4.14. The fraction of sp³-hybridized carbons (Fsp3) is 1.00. The van der Waals surface area contributed by atoms with Crippen LogP contribution in [0.5, 0.6) is 0 Å². The first kappa shape index (κ1) is 7.22. The van der Waals surface area contributed by atoms with Gasteiger partial charge in [-0.25, -0.2) is 4.57 Å². The lowest BCUT2D eigenvalue weighted by Crippen LogP contribution is -1.92. The van der Waals surface area contributed by atoms with Crippen molar-refractivity contribution in [3.8, 4) is 0 Å². The van der Waals surface area contributed by atoms with E-state index in [0.29, 0.717) is 0 Å². The Morgan fingerprint density at radius 1 is 1.67 bits per heavy atom. The molecule has 1 unspecified atom stereocenters. The van der Waals surface area contributed by atoms with Crippen molar-refractivity contribution < 1.29 is 18.5 Å². The maximum atomic E-state index is 10.5. The van der Waals surface area contributed by atoms with Crippen LogP contribution in [0.1, 0.15) is 12.8 Å². The van der Waals surface area contributed by atoms with Crippen LogP contribution < -0.4 is 0 Å². The Labute approximate surface area is 53.4 Å². The van der Waals surface area contributed by atoms with Crippen molar-refractivity contribution in [3.63, 3.8) is 0 Å². The van der Waals surface area contributed by atoms with Gasteiger partial charge in [0.25, 0.3) is 0 Å². The van der Waals surface area contributed by atoms with Gasteiger partial charge < -0.3 is 4.89 Å². The molecule has 0 aromatic heterocycles. The van der Waals surface area contributed by atoms with Crippen LogP contribution in [0.25, 0.3) is 0 Å². The molecule has 0 saturated heterocycles. The zero-order valence-corrected chi connectivity index (χ0v) is 6.01. The lowest BCUT2D eigenvalue weighted by Gasteiger charge is -2.06. The summed E-state index contributed by atoms with van der Waals surface area (Å²) >= 11 is 0. The molecule has 4 nitrogen and oxygen atoms in total. The van der Waals surface area contributed by atoms with Gasteiger partial charge >= 0.3 is 7.82 Å². The molecular formula is C4H9O4P. The van der Waals surface area contributed by atoms with Crippen molar-refractivity contribution >= 4 is 7.82 Å². The molecule has 1 saturated carbocycles. The van der Waals surface area contributed by atoms with Gasteiger partial charge in [0, 0.05) is 7.11 Å². The van der Waals surface area contributed by atoms with Crippen LogP contribution in [-0.4, -0.2) is 18.1 Å². The highest BCUT2D eigenvalue weighted by atomic mass is 31.2. The average molecular weight is 152 g/mol. The lowest BCUT2D eigenvalue weighted by atomic mass is 10.9. The van der Waals surface area contributed by atoms with Gasteiger partial charge in [0.1, 0.15) is 0 Å². The number of hydrogen-bond acceptors (Lipinski definition) is 3. The second kappa shape index (κ2) is 2.39. The van der Waals surface area contributed by atoms with E-state index in [-0.39, 0.29) is 6.10 Å². The Kier molecular flexibility index (Phi) is 1.91. The molecule has 1 atom stereocenters. The van der Waals surface area contributed by atoms with Crippen molar-refractivity contribution in [1.29, 1.82) is 0 Å². The number of phosphoric ester groups is 1. The summed E-state index contributed by atoms with van der Waals surface area (Å²) in [6.45, 7) is 0.